The van der Waals surface area contributed by atoms with Gasteiger partial charge in [0.15, 0.2) is 0 Å². The van der Waals surface area contributed by atoms with Crippen LogP contribution >= 0.6 is 0 Å². The maximum atomic E-state index is 3.84. The smallest absolute Gasteiger partial charge is 0.0212 e. The molecule has 2 aromatic rings. The lowest BCUT2D eigenvalue weighted by molar-refractivity contribution is 0.436. The molecule has 0 radical (unpaired) electrons. The molecule has 0 fully saturated rings. The van der Waals surface area contributed by atoms with Crippen molar-refractivity contribution in [2.45, 2.75) is 77.5 Å². The zero-order valence-electron chi connectivity index (χ0n) is 16.4. The molecule has 2 unspecified atom stereocenters. The number of hydrogen-bond acceptors (Lipinski definition) is 2. The van der Waals surface area contributed by atoms with Crippen LogP contribution in [0, 0.1) is 0 Å². The first-order valence-electron chi connectivity index (χ1n) is 10.3. The Bertz CT molecular complexity index is 778. The maximum Gasteiger partial charge on any atom is 0.0212 e. The third-order valence-electron chi connectivity index (χ3n) is 6.31. The zero-order valence-corrected chi connectivity index (χ0v) is 16.4. The lowest BCUT2D eigenvalue weighted by Crippen LogP contribution is -2.28. The normalized spacial score (nSPS) is 20.5. The third kappa shape index (κ3) is 3.72. The van der Waals surface area contributed by atoms with Crippen LogP contribution in [0.5, 0.6) is 0 Å². The average Bonchev–Trinajstić information content (AvgIpc) is 3.02. The summed E-state index contributed by atoms with van der Waals surface area (Å²) in [6.07, 6.45) is 3.66. The second kappa shape index (κ2) is 7.54. The van der Waals surface area contributed by atoms with Crippen LogP contribution in [0.2, 0.25) is 0 Å². The predicted molar refractivity (Wildman–Crippen MR) is 109 cm³/mol. The summed E-state index contributed by atoms with van der Waals surface area (Å²) in [7, 11) is 0. The molecule has 4 rings (SSSR count). The first-order valence-corrected chi connectivity index (χ1v) is 10.3. The summed E-state index contributed by atoms with van der Waals surface area (Å²) in [5.41, 5.74) is 8.99. The van der Waals surface area contributed by atoms with Gasteiger partial charge in [-0.25, -0.2) is 0 Å². The minimum Gasteiger partial charge on any atom is -0.310 e. The van der Waals surface area contributed by atoms with Crippen molar-refractivity contribution >= 4 is 0 Å². The Labute approximate surface area is 158 Å². The summed E-state index contributed by atoms with van der Waals surface area (Å²) in [6.45, 7) is 10.0. The molecule has 0 aliphatic carbocycles. The van der Waals surface area contributed by atoms with Crippen LogP contribution in [0.1, 0.15) is 78.8 Å². The van der Waals surface area contributed by atoms with Crippen LogP contribution in [0.25, 0.3) is 0 Å². The van der Waals surface area contributed by atoms with Gasteiger partial charge in [0.05, 0.1) is 0 Å². The van der Waals surface area contributed by atoms with E-state index in [1.165, 1.54) is 47.1 Å². The second-order valence-electron chi connectivity index (χ2n) is 8.57. The first kappa shape index (κ1) is 17.8. The lowest BCUT2D eigenvalue weighted by Gasteiger charge is -2.21. The topological polar surface area (TPSA) is 24.1 Å². The summed E-state index contributed by atoms with van der Waals surface area (Å²) >= 11 is 0. The average molecular weight is 349 g/mol. The van der Waals surface area contributed by atoms with Crippen LogP contribution < -0.4 is 10.6 Å². The molecule has 0 aromatic heterocycles. The second-order valence-corrected chi connectivity index (χ2v) is 8.57. The van der Waals surface area contributed by atoms with Gasteiger partial charge in [-0.1, -0.05) is 57.2 Å². The fraction of sp³-hybridized carbons (Fsp3) is 0.500. The Morgan fingerprint density at radius 1 is 0.846 bits per heavy atom. The molecular formula is C24H32N2. The van der Waals surface area contributed by atoms with Gasteiger partial charge in [-0.15, -0.1) is 0 Å². The Kier molecular flexibility index (Phi) is 5.15. The molecule has 2 aliphatic rings. The number of fused-ring (bicyclic) bond motifs is 2. The molecule has 0 amide bonds. The van der Waals surface area contributed by atoms with Crippen molar-refractivity contribution in [2.24, 2.45) is 0 Å². The minimum atomic E-state index is 0.603. The molecule has 2 atom stereocenters. The minimum absolute atomic E-state index is 0.603. The molecule has 2 aliphatic heterocycles. The van der Waals surface area contributed by atoms with E-state index in [1.54, 1.807) is 5.56 Å². The van der Waals surface area contributed by atoms with Crippen molar-refractivity contribution in [3.05, 3.63) is 69.8 Å². The van der Waals surface area contributed by atoms with E-state index in [0.29, 0.717) is 17.9 Å². The highest BCUT2D eigenvalue weighted by Crippen LogP contribution is 2.28. The van der Waals surface area contributed by atoms with E-state index >= 15 is 0 Å². The van der Waals surface area contributed by atoms with Gasteiger partial charge >= 0.3 is 0 Å². The molecule has 0 spiro atoms. The van der Waals surface area contributed by atoms with Crippen LogP contribution in [-0.4, -0.2) is 6.04 Å². The molecule has 2 N–H and O–H groups in total. The van der Waals surface area contributed by atoms with Gasteiger partial charge in [-0.3, -0.25) is 0 Å². The largest absolute Gasteiger partial charge is 0.310 e. The molecule has 2 heteroatoms. The molecule has 26 heavy (non-hydrogen) atoms. The Balaban J connectivity index is 1.42. The van der Waals surface area contributed by atoms with Gasteiger partial charge in [-0.2, -0.15) is 0 Å². The van der Waals surface area contributed by atoms with Crippen LogP contribution in [0.3, 0.4) is 0 Å². The van der Waals surface area contributed by atoms with Crippen LogP contribution in [0.15, 0.2) is 36.4 Å². The molecule has 0 bridgehead atoms. The first-order chi connectivity index (χ1) is 12.6. The van der Waals surface area contributed by atoms with E-state index in [4.69, 9.17) is 0 Å². The van der Waals surface area contributed by atoms with Crippen LogP contribution in [-0.2, 0) is 26.1 Å². The summed E-state index contributed by atoms with van der Waals surface area (Å²) in [5, 5.41) is 7.30. The SMILES string of the molecule is CC(C)c1ccc2c(c1)CNC(CC(C)c1ccc3c(c1)CNC3)CC2. The summed E-state index contributed by atoms with van der Waals surface area (Å²) in [6, 6.07) is 14.8. The number of nitrogens with one attached hydrogen (secondary N) is 2. The van der Waals surface area contributed by atoms with Gasteiger partial charge in [0.25, 0.3) is 0 Å². The summed E-state index contributed by atoms with van der Waals surface area (Å²) in [4.78, 5) is 0. The molecule has 138 valence electrons. The Hall–Kier alpha value is -1.64. The molecule has 2 heterocycles. The van der Waals surface area contributed by atoms with E-state index < -0.39 is 0 Å². The van der Waals surface area contributed by atoms with E-state index in [9.17, 15) is 0 Å². The van der Waals surface area contributed by atoms with Crippen molar-refractivity contribution < 1.29 is 0 Å². The van der Waals surface area contributed by atoms with Gasteiger partial charge < -0.3 is 10.6 Å². The quantitative estimate of drug-likeness (QED) is 0.811. The fourth-order valence-electron chi connectivity index (χ4n) is 4.48. The summed E-state index contributed by atoms with van der Waals surface area (Å²) < 4.78 is 0. The number of aryl methyl sites for hydroxylation is 1. The fourth-order valence-corrected chi connectivity index (χ4v) is 4.48. The van der Waals surface area contributed by atoms with Gasteiger partial charge in [-0.05, 0) is 64.5 Å². The lowest BCUT2D eigenvalue weighted by atomic mass is 9.90. The number of hydrogen-bond donors (Lipinski definition) is 2. The van der Waals surface area contributed by atoms with Gasteiger partial charge in [0, 0.05) is 25.7 Å². The molecular weight excluding hydrogens is 316 g/mol. The Morgan fingerprint density at radius 3 is 2.38 bits per heavy atom. The standard InChI is InChI=1S/C24H32N2/c1-16(2)19-5-4-18-8-9-24(26-15-23(18)11-19)10-17(3)20-6-7-21-13-25-14-22(21)12-20/h4-7,11-12,16-17,24-26H,8-10,13-15H2,1-3H3. The zero-order chi connectivity index (χ0) is 18.1. The highest BCUT2D eigenvalue weighted by atomic mass is 14.9. The monoisotopic (exact) mass is 348 g/mol. The van der Waals surface area contributed by atoms with Crippen molar-refractivity contribution in [3.63, 3.8) is 0 Å². The molecule has 2 aromatic carbocycles. The van der Waals surface area contributed by atoms with Gasteiger partial charge in [0.1, 0.15) is 0 Å². The van der Waals surface area contributed by atoms with E-state index in [-0.39, 0.29) is 0 Å². The predicted octanol–water partition coefficient (Wildman–Crippen LogP) is 5.01. The third-order valence-corrected chi connectivity index (χ3v) is 6.31. The van der Waals surface area contributed by atoms with Crippen molar-refractivity contribution in [1.82, 2.24) is 10.6 Å². The maximum absolute atomic E-state index is 3.84. The molecule has 2 nitrogen and oxygen atoms in total. The Morgan fingerprint density at radius 2 is 1.54 bits per heavy atom. The van der Waals surface area contributed by atoms with Crippen LogP contribution in [0.4, 0.5) is 0 Å². The van der Waals surface area contributed by atoms with Crippen molar-refractivity contribution in [1.29, 1.82) is 0 Å². The number of rotatable bonds is 4. The summed E-state index contributed by atoms with van der Waals surface area (Å²) in [5.74, 6) is 1.21. The number of benzene rings is 2. The van der Waals surface area contributed by atoms with E-state index in [2.05, 4.69) is 67.8 Å². The molecule has 0 saturated heterocycles. The van der Waals surface area contributed by atoms with Crippen molar-refractivity contribution in [2.75, 3.05) is 0 Å². The van der Waals surface area contributed by atoms with Gasteiger partial charge in [0.2, 0.25) is 0 Å². The highest BCUT2D eigenvalue weighted by molar-refractivity contribution is 5.36. The molecule has 0 saturated carbocycles. The van der Waals surface area contributed by atoms with E-state index in [0.717, 1.165) is 19.6 Å². The van der Waals surface area contributed by atoms with E-state index in [1.807, 2.05) is 0 Å². The highest BCUT2D eigenvalue weighted by Gasteiger charge is 2.20. The van der Waals surface area contributed by atoms with Crippen molar-refractivity contribution in [3.8, 4) is 0 Å².